The molecule has 2 N–H and O–H groups in total. The molecule has 12 heavy (non-hydrogen) atoms. The molecule has 0 aromatic carbocycles. The zero-order valence-electron chi connectivity index (χ0n) is 7.71. The van der Waals surface area contributed by atoms with Crippen molar-refractivity contribution in [1.29, 1.82) is 0 Å². The second-order valence-corrected chi connectivity index (χ2v) is 3.80. The number of hydrogen-bond acceptors (Lipinski definition) is 2. The first-order valence-electron chi connectivity index (χ1n) is 4.58. The summed E-state index contributed by atoms with van der Waals surface area (Å²) in [5.41, 5.74) is 0. The van der Waals surface area contributed by atoms with Crippen LogP contribution in [-0.4, -0.2) is 23.2 Å². The summed E-state index contributed by atoms with van der Waals surface area (Å²) in [7, 11) is 0. The number of aliphatic hydroxyl groups is 1. The number of amides is 1. The predicted octanol–water partition coefficient (Wildman–Crippen LogP) is 0.672. The third-order valence-electron chi connectivity index (χ3n) is 2.42. The summed E-state index contributed by atoms with van der Waals surface area (Å²) in [6.45, 7) is 3.68. The highest BCUT2D eigenvalue weighted by molar-refractivity contribution is 5.80. The monoisotopic (exact) mass is 171 g/mol. The van der Waals surface area contributed by atoms with E-state index < -0.39 is 6.10 Å². The third kappa shape index (κ3) is 2.48. The van der Waals surface area contributed by atoms with Gasteiger partial charge in [-0.05, 0) is 32.1 Å². The summed E-state index contributed by atoms with van der Waals surface area (Å²) in [6.07, 6.45) is 2.42. The van der Waals surface area contributed by atoms with E-state index in [-0.39, 0.29) is 5.91 Å². The fourth-order valence-corrected chi connectivity index (χ4v) is 1.66. The van der Waals surface area contributed by atoms with E-state index in [1.165, 1.54) is 13.3 Å². The average molecular weight is 171 g/mol. The molecule has 70 valence electrons. The van der Waals surface area contributed by atoms with Gasteiger partial charge in [-0.2, -0.15) is 0 Å². The molecule has 3 heteroatoms. The van der Waals surface area contributed by atoms with E-state index >= 15 is 0 Å². The molecule has 0 heterocycles. The van der Waals surface area contributed by atoms with Gasteiger partial charge in [0.05, 0.1) is 0 Å². The molecule has 1 fully saturated rings. The fraction of sp³-hybridized carbons (Fsp3) is 0.889. The minimum atomic E-state index is -0.874. The Labute approximate surface area is 73.2 Å². The number of nitrogens with one attached hydrogen (secondary N) is 1. The van der Waals surface area contributed by atoms with Crippen LogP contribution in [0.4, 0.5) is 0 Å². The molecule has 0 aliphatic heterocycles. The molecule has 0 spiro atoms. The Hall–Kier alpha value is -0.570. The number of rotatable bonds is 2. The van der Waals surface area contributed by atoms with E-state index in [4.69, 9.17) is 5.11 Å². The van der Waals surface area contributed by atoms with Crippen molar-refractivity contribution in [2.45, 2.75) is 45.3 Å². The minimum absolute atomic E-state index is 0.242. The second kappa shape index (κ2) is 3.90. The Morgan fingerprint density at radius 2 is 2.25 bits per heavy atom. The Morgan fingerprint density at radius 3 is 2.67 bits per heavy atom. The van der Waals surface area contributed by atoms with Crippen molar-refractivity contribution in [3.8, 4) is 0 Å². The normalized spacial score (nSPS) is 31.6. The molecule has 0 saturated heterocycles. The largest absolute Gasteiger partial charge is 0.384 e. The summed E-state index contributed by atoms with van der Waals surface area (Å²) in [6, 6.07) is 0.294. The van der Waals surface area contributed by atoms with Crippen molar-refractivity contribution >= 4 is 5.91 Å². The van der Waals surface area contributed by atoms with Gasteiger partial charge < -0.3 is 10.4 Å². The summed E-state index contributed by atoms with van der Waals surface area (Å²) >= 11 is 0. The molecule has 0 aromatic heterocycles. The van der Waals surface area contributed by atoms with Crippen LogP contribution in [0.15, 0.2) is 0 Å². The number of carbonyl (C=O) groups excluding carboxylic acids is 1. The molecule has 0 aromatic rings. The first-order valence-corrected chi connectivity index (χ1v) is 4.58. The van der Waals surface area contributed by atoms with Crippen LogP contribution >= 0.6 is 0 Å². The SMILES string of the molecule is CC1CCC(NC(=O)[C@@H](C)O)C1. The van der Waals surface area contributed by atoms with Crippen molar-refractivity contribution < 1.29 is 9.90 Å². The zero-order valence-corrected chi connectivity index (χ0v) is 7.71. The van der Waals surface area contributed by atoms with E-state index in [9.17, 15) is 4.79 Å². The third-order valence-corrected chi connectivity index (χ3v) is 2.42. The summed E-state index contributed by atoms with van der Waals surface area (Å²) in [5, 5.41) is 11.8. The Kier molecular flexibility index (Phi) is 3.09. The maximum Gasteiger partial charge on any atom is 0.248 e. The molecule has 0 bridgehead atoms. The zero-order chi connectivity index (χ0) is 9.14. The highest BCUT2D eigenvalue weighted by Gasteiger charge is 2.23. The number of aliphatic hydroxyl groups excluding tert-OH is 1. The summed E-state index contributed by atoms with van der Waals surface area (Å²) in [5.74, 6) is 0.471. The summed E-state index contributed by atoms with van der Waals surface area (Å²) < 4.78 is 0. The molecule has 1 aliphatic carbocycles. The number of hydrogen-bond donors (Lipinski definition) is 2. The van der Waals surface area contributed by atoms with Crippen molar-refractivity contribution in [3.63, 3.8) is 0 Å². The molecule has 1 rings (SSSR count). The van der Waals surface area contributed by atoms with Gasteiger partial charge in [-0.1, -0.05) is 6.92 Å². The van der Waals surface area contributed by atoms with E-state index in [0.29, 0.717) is 12.0 Å². The quantitative estimate of drug-likeness (QED) is 0.641. The van der Waals surface area contributed by atoms with Crippen LogP contribution in [0.1, 0.15) is 33.1 Å². The van der Waals surface area contributed by atoms with Gasteiger partial charge in [-0.15, -0.1) is 0 Å². The van der Waals surface area contributed by atoms with Gasteiger partial charge in [-0.25, -0.2) is 0 Å². The molecule has 3 atom stereocenters. The van der Waals surface area contributed by atoms with Crippen molar-refractivity contribution in [2.24, 2.45) is 5.92 Å². The van der Waals surface area contributed by atoms with Gasteiger partial charge in [0, 0.05) is 6.04 Å². The van der Waals surface area contributed by atoms with Crippen LogP contribution < -0.4 is 5.32 Å². The highest BCUT2D eigenvalue weighted by atomic mass is 16.3. The molecule has 3 nitrogen and oxygen atoms in total. The Bertz CT molecular complexity index is 168. The first-order chi connectivity index (χ1) is 5.59. The fourth-order valence-electron chi connectivity index (χ4n) is 1.66. The Morgan fingerprint density at radius 1 is 1.58 bits per heavy atom. The molecule has 1 aliphatic rings. The van der Waals surface area contributed by atoms with Crippen LogP contribution in [-0.2, 0) is 4.79 Å². The average Bonchev–Trinajstić information content (AvgIpc) is 2.35. The van der Waals surface area contributed by atoms with E-state index in [2.05, 4.69) is 12.2 Å². The predicted molar refractivity (Wildman–Crippen MR) is 46.6 cm³/mol. The lowest BCUT2D eigenvalue weighted by atomic mass is 10.1. The van der Waals surface area contributed by atoms with E-state index in [0.717, 1.165) is 12.8 Å². The standard InChI is InChI=1S/C9H17NO2/c1-6-3-4-8(5-6)10-9(12)7(2)11/h6-8,11H,3-5H2,1-2H3,(H,10,12)/t6?,7-,8?/m1/s1. The van der Waals surface area contributed by atoms with Crippen molar-refractivity contribution in [1.82, 2.24) is 5.32 Å². The van der Waals surface area contributed by atoms with Gasteiger partial charge in [-0.3, -0.25) is 4.79 Å². The van der Waals surface area contributed by atoms with Crippen LogP contribution in [0.5, 0.6) is 0 Å². The van der Waals surface area contributed by atoms with Crippen LogP contribution in [0, 0.1) is 5.92 Å². The first kappa shape index (κ1) is 9.52. The molecule has 1 saturated carbocycles. The molecular formula is C9H17NO2. The van der Waals surface area contributed by atoms with Gasteiger partial charge in [0.1, 0.15) is 6.10 Å². The van der Waals surface area contributed by atoms with Gasteiger partial charge >= 0.3 is 0 Å². The number of carbonyl (C=O) groups is 1. The minimum Gasteiger partial charge on any atom is -0.384 e. The molecular weight excluding hydrogens is 154 g/mol. The van der Waals surface area contributed by atoms with Gasteiger partial charge in [0.2, 0.25) is 5.91 Å². The Balaban J connectivity index is 2.28. The van der Waals surface area contributed by atoms with Crippen LogP contribution in [0.2, 0.25) is 0 Å². The molecule has 2 unspecified atom stereocenters. The van der Waals surface area contributed by atoms with Gasteiger partial charge in [0.15, 0.2) is 0 Å². The van der Waals surface area contributed by atoms with E-state index in [1.54, 1.807) is 0 Å². The maximum absolute atomic E-state index is 11.0. The van der Waals surface area contributed by atoms with E-state index in [1.807, 2.05) is 0 Å². The lowest BCUT2D eigenvalue weighted by Crippen LogP contribution is -2.38. The lowest BCUT2D eigenvalue weighted by molar-refractivity contribution is -0.129. The van der Waals surface area contributed by atoms with Gasteiger partial charge in [0.25, 0.3) is 0 Å². The van der Waals surface area contributed by atoms with Crippen LogP contribution in [0.3, 0.4) is 0 Å². The van der Waals surface area contributed by atoms with Crippen molar-refractivity contribution in [2.75, 3.05) is 0 Å². The topological polar surface area (TPSA) is 49.3 Å². The summed E-state index contributed by atoms with van der Waals surface area (Å²) in [4.78, 5) is 11.0. The smallest absolute Gasteiger partial charge is 0.248 e. The maximum atomic E-state index is 11.0. The molecule has 1 amide bonds. The second-order valence-electron chi connectivity index (χ2n) is 3.80. The van der Waals surface area contributed by atoms with Crippen molar-refractivity contribution in [3.05, 3.63) is 0 Å². The lowest BCUT2D eigenvalue weighted by Gasteiger charge is -2.13. The highest BCUT2D eigenvalue weighted by Crippen LogP contribution is 2.24. The van der Waals surface area contributed by atoms with Crippen LogP contribution in [0.25, 0.3) is 0 Å². The molecule has 0 radical (unpaired) electrons.